The molecule has 1 aliphatic rings. The fourth-order valence-electron chi connectivity index (χ4n) is 1.58. The minimum absolute atomic E-state index is 0.226. The van der Waals surface area contributed by atoms with Gasteiger partial charge >= 0.3 is 93.0 Å². The average molecular weight is 260 g/mol. The van der Waals surface area contributed by atoms with Crippen LogP contribution >= 0.6 is 0 Å². The van der Waals surface area contributed by atoms with Crippen molar-refractivity contribution in [2.75, 3.05) is 0 Å². The van der Waals surface area contributed by atoms with Crippen LogP contribution in [0.3, 0.4) is 0 Å². The van der Waals surface area contributed by atoms with Gasteiger partial charge < -0.3 is 0 Å². The Hall–Kier alpha value is -1.09. The van der Waals surface area contributed by atoms with E-state index in [-0.39, 0.29) is 14.9 Å². The predicted octanol–water partition coefficient (Wildman–Crippen LogP) is 1.92. The van der Waals surface area contributed by atoms with Gasteiger partial charge in [-0.2, -0.15) is 0 Å². The molecule has 0 aliphatic carbocycles. The number of benzene rings is 1. The third-order valence-electron chi connectivity index (χ3n) is 2.36. The van der Waals surface area contributed by atoms with Gasteiger partial charge in [-0.3, -0.25) is 0 Å². The Morgan fingerprint density at radius 2 is 1.93 bits per heavy atom. The second-order valence-corrected chi connectivity index (χ2v) is 7.66. The Balaban J connectivity index is 2.06. The Morgan fingerprint density at radius 3 is 2.47 bits per heavy atom. The van der Waals surface area contributed by atoms with Crippen molar-refractivity contribution < 1.29 is 35.8 Å². The van der Waals surface area contributed by atoms with E-state index in [2.05, 4.69) is 4.74 Å². The fraction of sp³-hybridized carbons (Fsp3) is 0.200. The number of halogens is 1. The normalized spacial score (nSPS) is 19.4. The van der Waals surface area contributed by atoms with Gasteiger partial charge in [0.15, 0.2) is 0 Å². The topological polar surface area (TPSA) is 43.4 Å². The molecule has 1 unspecified atom stereocenters. The number of ether oxygens (including phenoxy) is 1. The summed E-state index contributed by atoms with van der Waals surface area (Å²) in [5.74, 6) is -0.699. The average Bonchev–Trinajstić information content (AvgIpc) is 2.49. The summed E-state index contributed by atoms with van der Waals surface area (Å²) in [5.41, 5.74) is 0.874. The van der Waals surface area contributed by atoms with E-state index in [4.69, 9.17) is 0 Å². The third-order valence-corrected chi connectivity index (χ3v) is 5.70. The van der Waals surface area contributed by atoms with E-state index in [1.165, 1.54) is 12.1 Å². The molecule has 15 heavy (non-hydrogen) atoms. The number of rotatable bonds is 2. The van der Waals surface area contributed by atoms with E-state index in [9.17, 15) is 14.0 Å². The fourth-order valence-corrected chi connectivity index (χ4v) is 4.43. The number of esters is 1. The Labute approximate surface area is 93.2 Å². The van der Waals surface area contributed by atoms with Crippen molar-refractivity contribution >= 4 is 10.5 Å². The van der Waals surface area contributed by atoms with Crippen LogP contribution in [0.25, 0.3) is 0 Å². The molecule has 1 heterocycles. The van der Waals surface area contributed by atoms with Crippen LogP contribution in [-0.2, 0) is 33.1 Å². The van der Waals surface area contributed by atoms with E-state index in [0.717, 1.165) is 5.56 Å². The molecule has 1 aliphatic heterocycles. The van der Waals surface area contributed by atoms with Crippen LogP contribution in [0, 0.1) is 5.82 Å². The monoisotopic (exact) mass is 258 g/mol. The number of hydrogen-bond donors (Lipinski definition) is 0. The number of carbonyl (C=O) groups excluding carboxylic acids is 2. The molecular formula is C10H7FO3Zn. The second kappa shape index (κ2) is 4.19. The van der Waals surface area contributed by atoms with Gasteiger partial charge in [-0.15, -0.1) is 0 Å². The molecular weight excluding hydrogens is 252 g/mol. The van der Waals surface area contributed by atoms with Gasteiger partial charge in [-0.05, 0) is 0 Å². The van der Waals surface area contributed by atoms with Crippen molar-refractivity contribution in [1.82, 2.24) is 0 Å². The summed E-state index contributed by atoms with van der Waals surface area (Å²) in [4.78, 5) is 22.1. The molecule has 1 aromatic rings. The van der Waals surface area contributed by atoms with E-state index < -0.39 is 23.1 Å². The summed E-state index contributed by atoms with van der Waals surface area (Å²) in [6, 6.07) is 5.97. The van der Waals surface area contributed by atoms with Crippen molar-refractivity contribution in [3.05, 3.63) is 35.6 Å². The van der Waals surface area contributed by atoms with Gasteiger partial charge in [0.2, 0.25) is 0 Å². The molecule has 0 radical (unpaired) electrons. The maximum absolute atomic E-state index is 12.6. The first kappa shape index (κ1) is 10.4. The summed E-state index contributed by atoms with van der Waals surface area (Å²) in [7, 11) is 0. The molecule has 0 bridgehead atoms. The van der Waals surface area contributed by atoms with Gasteiger partial charge in [-0.1, -0.05) is 0 Å². The third kappa shape index (κ3) is 2.48. The van der Waals surface area contributed by atoms with Crippen LogP contribution in [0.5, 0.6) is 0 Å². The van der Waals surface area contributed by atoms with Gasteiger partial charge in [0.1, 0.15) is 0 Å². The second-order valence-electron chi connectivity index (χ2n) is 3.52. The van der Waals surface area contributed by atoms with Crippen LogP contribution < -0.4 is 0 Å². The first-order valence-electron chi connectivity index (χ1n) is 4.64. The first-order chi connectivity index (χ1) is 7.15. The zero-order valence-corrected chi connectivity index (χ0v) is 10.9. The Bertz CT molecular complexity index is 402. The zero-order valence-electron chi connectivity index (χ0n) is 7.90. The van der Waals surface area contributed by atoms with Crippen LogP contribution in [0.15, 0.2) is 24.3 Å². The molecule has 1 atom stereocenters. The molecule has 0 spiro atoms. The van der Waals surface area contributed by atoms with Gasteiger partial charge in [-0.25, -0.2) is 0 Å². The van der Waals surface area contributed by atoms with Crippen molar-refractivity contribution in [1.29, 1.82) is 0 Å². The van der Waals surface area contributed by atoms with E-state index in [1.54, 1.807) is 12.1 Å². The van der Waals surface area contributed by atoms with Crippen molar-refractivity contribution in [2.24, 2.45) is 0 Å². The molecule has 74 valence electrons. The summed E-state index contributed by atoms with van der Waals surface area (Å²) in [5, 5.41) is 0. The molecule has 0 aromatic heterocycles. The molecule has 0 amide bonds. The van der Waals surface area contributed by atoms with Crippen molar-refractivity contribution in [3.63, 3.8) is 0 Å². The molecule has 5 heteroatoms. The minimum atomic E-state index is -1.56. The van der Waals surface area contributed by atoms with Crippen LogP contribution in [0.4, 0.5) is 9.18 Å². The van der Waals surface area contributed by atoms with Crippen LogP contribution in [0.1, 0.15) is 5.56 Å². The molecule has 0 N–H and O–H groups in total. The molecule has 1 fully saturated rings. The number of cyclic esters (lactones) is 2. The van der Waals surface area contributed by atoms with E-state index in [0.29, 0.717) is 6.42 Å². The van der Waals surface area contributed by atoms with Crippen molar-refractivity contribution in [2.45, 2.75) is 10.9 Å². The van der Waals surface area contributed by atoms with Gasteiger partial charge in [0, 0.05) is 0 Å². The number of carbonyl (C=O) groups is 2. The van der Waals surface area contributed by atoms with Crippen molar-refractivity contribution in [3.8, 4) is 0 Å². The van der Waals surface area contributed by atoms with Crippen LogP contribution in [0.2, 0.25) is 4.51 Å². The quantitative estimate of drug-likeness (QED) is 0.463. The molecule has 3 nitrogen and oxygen atoms in total. The molecule has 1 saturated heterocycles. The number of hydrogen-bond acceptors (Lipinski definition) is 3. The molecule has 0 saturated carbocycles. The standard InChI is InChI=1S/C10H7FO3.Zn/c11-9-4-1-8(2-5-9)3-6-10(13)14-7-12;/h1-2,4-6H,3H2;. The SMILES string of the molecule is O=[C]1OC(=O)[CH](Cc2ccc(F)cc2)[Zn]1. The maximum atomic E-state index is 12.6. The predicted molar refractivity (Wildman–Crippen MR) is 45.3 cm³/mol. The molecule has 2 rings (SSSR count). The summed E-state index contributed by atoms with van der Waals surface area (Å²) in [6.07, 6.45) is 0.505. The van der Waals surface area contributed by atoms with Gasteiger partial charge in [0.05, 0.1) is 0 Å². The Kier molecular flexibility index (Phi) is 2.91. The zero-order chi connectivity index (χ0) is 10.8. The first-order valence-corrected chi connectivity index (χ1v) is 7.84. The van der Waals surface area contributed by atoms with Gasteiger partial charge in [0.25, 0.3) is 0 Å². The molecule has 1 aromatic carbocycles. The summed E-state index contributed by atoms with van der Waals surface area (Å²) in [6.45, 7) is 0. The van der Waals surface area contributed by atoms with E-state index >= 15 is 0 Å². The van der Waals surface area contributed by atoms with Crippen LogP contribution in [-0.4, -0.2) is 10.5 Å². The summed E-state index contributed by atoms with van der Waals surface area (Å²) < 4.78 is 16.6. The Morgan fingerprint density at radius 1 is 1.27 bits per heavy atom. The van der Waals surface area contributed by atoms with E-state index in [1.807, 2.05) is 0 Å². The summed E-state index contributed by atoms with van der Waals surface area (Å²) >= 11 is -1.56.